The van der Waals surface area contributed by atoms with Gasteiger partial charge in [0, 0.05) is 17.2 Å². The van der Waals surface area contributed by atoms with Crippen molar-refractivity contribution in [1.82, 2.24) is 10.2 Å². The number of methoxy groups -OCH3 is 2. The molecule has 1 aromatic heterocycles. The smallest absolute Gasteiger partial charge is 0.267 e. The van der Waals surface area contributed by atoms with Crippen molar-refractivity contribution >= 4 is 0 Å². The van der Waals surface area contributed by atoms with Crippen molar-refractivity contribution in [2.24, 2.45) is 0 Å². The summed E-state index contributed by atoms with van der Waals surface area (Å²) < 4.78 is 10.6. The Hall–Kier alpha value is -2.30. The first kappa shape index (κ1) is 12.7. The third-order valence-corrected chi connectivity index (χ3v) is 3.67. The zero-order chi connectivity index (χ0) is 14.1. The maximum Gasteiger partial charge on any atom is 0.267 e. The molecule has 5 heteroatoms. The van der Waals surface area contributed by atoms with E-state index in [1.54, 1.807) is 14.2 Å². The Morgan fingerprint density at radius 2 is 1.70 bits per heavy atom. The van der Waals surface area contributed by atoms with Gasteiger partial charge in [-0.3, -0.25) is 4.79 Å². The van der Waals surface area contributed by atoms with E-state index < -0.39 is 0 Å². The summed E-state index contributed by atoms with van der Waals surface area (Å²) >= 11 is 0. The molecule has 1 N–H and O–H groups in total. The van der Waals surface area contributed by atoms with Crippen molar-refractivity contribution in [1.29, 1.82) is 0 Å². The summed E-state index contributed by atoms with van der Waals surface area (Å²) in [4.78, 5) is 11.8. The normalized spacial score (nSPS) is 13.1. The summed E-state index contributed by atoms with van der Waals surface area (Å²) in [5.41, 5.74) is 3.54. The third-order valence-electron chi connectivity index (χ3n) is 3.67. The van der Waals surface area contributed by atoms with Crippen molar-refractivity contribution in [3.63, 3.8) is 0 Å². The van der Waals surface area contributed by atoms with Crippen molar-refractivity contribution in [2.75, 3.05) is 14.2 Å². The first-order chi connectivity index (χ1) is 9.72. The Morgan fingerprint density at radius 3 is 2.35 bits per heavy atom. The van der Waals surface area contributed by atoms with E-state index >= 15 is 0 Å². The van der Waals surface area contributed by atoms with E-state index in [-0.39, 0.29) is 5.56 Å². The van der Waals surface area contributed by atoms with Crippen LogP contribution in [0.15, 0.2) is 23.0 Å². The molecule has 0 radical (unpaired) electrons. The summed E-state index contributed by atoms with van der Waals surface area (Å²) in [5.74, 6) is 1.41. The largest absolute Gasteiger partial charge is 0.497 e. The molecule has 5 nitrogen and oxygen atoms in total. The van der Waals surface area contributed by atoms with E-state index in [0.29, 0.717) is 11.5 Å². The second-order valence-electron chi connectivity index (χ2n) is 4.81. The Bertz CT molecular complexity index is 685. The molecule has 3 rings (SSSR count). The number of hydrogen-bond donors (Lipinski definition) is 1. The second-order valence-corrected chi connectivity index (χ2v) is 4.81. The fourth-order valence-electron chi connectivity index (χ4n) is 2.68. The van der Waals surface area contributed by atoms with Crippen LogP contribution in [-0.2, 0) is 12.8 Å². The summed E-state index contributed by atoms with van der Waals surface area (Å²) in [7, 11) is 3.23. The van der Waals surface area contributed by atoms with E-state index in [1.165, 1.54) is 0 Å². The Balaban J connectivity index is 2.19. The van der Waals surface area contributed by atoms with E-state index in [9.17, 15) is 4.79 Å². The van der Waals surface area contributed by atoms with Crippen LogP contribution >= 0.6 is 0 Å². The van der Waals surface area contributed by atoms with Crippen LogP contribution in [0.1, 0.15) is 17.5 Å². The average molecular weight is 272 g/mol. The molecule has 2 aromatic rings. The molecule has 0 aliphatic heterocycles. The van der Waals surface area contributed by atoms with E-state index in [0.717, 1.165) is 41.6 Å². The number of fused-ring (bicyclic) bond motifs is 1. The molecule has 0 amide bonds. The van der Waals surface area contributed by atoms with Crippen molar-refractivity contribution in [3.05, 3.63) is 39.7 Å². The number of hydrogen-bond acceptors (Lipinski definition) is 4. The lowest BCUT2D eigenvalue weighted by atomic mass is 10.0. The first-order valence-electron chi connectivity index (χ1n) is 6.57. The zero-order valence-corrected chi connectivity index (χ0v) is 11.5. The van der Waals surface area contributed by atoms with E-state index in [1.807, 2.05) is 18.2 Å². The molecular weight excluding hydrogens is 256 g/mol. The molecule has 104 valence electrons. The van der Waals surface area contributed by atoms with Gasteiger partial charge in [0.15, 0.2) is 0 Å². The van der Waals surface area contributed by atoms with Gasteiger partial charge >= 0.3 is 0 Å². The fourth-order valence-corrected chi connectivity index (χ4v) is 2.68. The minimum Gasteiger partial charge on any atom is -0.497 e. The van der Waals surface area contributed by atoms with Gasteiger partial charge in [0.05, 0.1) is 19.9 Å². The summed E-state index contributed by atoms with van der Waals surface area (Å²) in [6.45, 7) is 0. The quantitative estimate of drug-likeness (QED) is 0.927. The molecule has 0 saturated carbocycles. The lowest BCUT2D eigenvalue weighted by Crippen LogP contribution is -2.15. The van der Waals surface area contributed by atoms with Gasteiger partial charge in [-0.15, -0.1) is 0 Å². The number of H-pyrrole nitrogens is 1. The van der Waals surface area contributed by atoms with Crippen LogP contribution in [0.2, 0.25) is 0 Å². The molecule has 0 fully saturated rings. The van der Waals surface area contributed by atoms with E-state index in [4.69, 9.17) is 9.47 Å². The minimum atomic E-state index is -0.0730. The van der Waals surface area contributed by atoms with Crippen LogP contribution < -0.4 is 15.0 Å². The Labute approximate surface area is 116 Å². The predicted molar refractivity (Wildman–Crippen MR) is 75.4 cm³/mol. The van der Waals surface area contributed by atoms with Gasteiger partial charge in [0.1, 0.15) is 11.5 Å². The van der Waals surface area contributed by atoms with Crippen molar-refractivity contribution in [3.8, 4) is 22.8 Å². The predicted octanol–water partition coefficient (Wildman–Crippen LogP) is 1.94. The van der Waals surface area contributed by atoms with Gasteiger partial charge in [0.2, 0.25) is 0 Å². The topological polar surface area (TPSA) is 64.2 Å². The van der Waals surface area contributed by atoms with Gasteiger partial charge in [-0.2, -0.15) is 5.10 Å². The van der Waals surface area contributed by atoms with Gasteiger partial charge in [-0.1, -0.05) is 0 Å². The molecule has 1 heterocycles. The molecule has 0 unspecified atom stereocenters. The van der Waals surface area contributed by atoms with Crippen LogP contribution in [0.5, 0.6) is 11.5 Å². The van der Waals surface area contributed by atoms with Crippen molar-refractivity contribution < 1.29 is 9.47 Å². The third kappa shape index (κ3) is 2.05. The first-order valence-corrected chi connectivity index (χ1v) is 6.57. The monoisotopic (exact) mass is 272 g/mol. The molecule has 20 heavy (non-hydrogen) atoms. The number of nitrogens with zero attached hydrogens (tertiary/aromatic N) is 1. The average Bonchev–Trinajstić information content (AvgIpc) is 2.97. The highest BCUT2D eigenvalue weighted by Crippen LogP contribution is 2.33. The van der Waals surface area contributed by atoms with Crippen LogP contribution in [0.3, 0.4) is 0 Å². The van der Waals surface area contributed by atoms with Crippen LogP contribution in [-0.4, -0.2) is 24.4 Å². The molecule has 0 bridgehead atoms. The molecule has 1 aromatic carbocycles. The number of aromatic nitrogens is 2. The lowest BCUT2D eigenvalue weighted by molar-refractivity contribution is 0.394. The molecule has 1 aliphatic rings. The number of benzene rings is 1. The number of aromatic amines is 1. The van der Waals surface area contributed by atoms with Crippen molar-refractivity contribution in [2.45, 2.75) is 19.3 Å². The number of rotatable bonds is 3. The maximum absolute atomic E-state index is 11.8. The standard InChI is InChI=1S/C15H16N2O3/c1-19-10-6-9(7-11(8-10)20-2)14-12-4-3-5-13(12)15(18)17-16-14/h6-8H,3-5H2,1-2H3,(H,17,18). The fraction of sp³-hybridized carbons (Fsp3) is 0.333. The highest BCUT2D eigenvalue weighted by atomic mass is 16.5. The van der Waals surface area contributed by atoms with Crippen LogP contribution in [0.25, 0.3) is 11.3 Å². The summed E-state index contributed by atoms with van der Waals surface area (Å²) in [6.07, 6.45) is 2.71. The molecule has 0 spiro atoms. The number of nitrogens with one attached hydrogen (secondary N) is 1. The van der Waals surface area contributed by atoms with E-state index in [2.05, 4.69) is 10.2 Å². The number of ether oxygens (including phenoxy) is 2. The molecule has 0 atom stereocenters. The Kier molecular flexibility index (Phi) is 3.18. The molecule has 1 aliphatic carbocycles. The SMILES string of the molecule is COc1cc(OC)cc(-c2n[nH]c(=O)c3c2CCC3)c1. The second kappa shape index (κ2) is 5.00. The van der Waals surface area contributed by atoms with Gasteiger partial charge in [-0.25, -0.2) is 5.10 Å². The van der Waals surface area contributed by atoms with Crippen LogP contribution in [0, 0.1) is 0 Å². The Morgan fingerprint density at radius 1 is 1.05 bits per heavy atom. The van der Waals surface area contributed by atoms with Gasteiger partial charge < -0.3 is 9.47 Å². The lowest BCUT2D eigenvalue weighted by Gasteiger charge is -2.10. The maximum atomic E-state index is 11.8. The molecule has 0 saturated heterocycles. The highest BCUT2D eigenvalue weighted by Gasteiger charge is 2.21. The summed E-state index contributed by atoms with van der Waals surface area (Å²) in [6, 6.07) is 5.62. The minimum absolute atomic E-state index is 0.0730. The van der Waals surface area contributed by atoms with Gasteiger partial charge in [-0.05, 0) is 37.0 Å². The summed E-state index contributed by atoms with van der Waals surface area (Å²) in [5, 5.41) is 6.81. The van der Waals surface area contributed by atoms with Gasteiger partial charge in [0.25, 0.3) is 5.56 Å². The molecular formula is C15H16N2O3. The zero-order valence-electron chi connectivity index (χ0n) is 11.5. The highest BCUT2D eigenvalue weighted by molar-refractivity contribution is 5.68. The van der Waals surface area contributed by atoms with Crippen LogP contribution in [0.4, 0.5) is 0 Å².